The first-order valence-corrected chi connectivity index (χ1v) is 9.83. The number of halogens is 1. The van der Waals surface area contributed by atoms with Gasteiger partial charge in [0.1, 0.15) is 5.69 Å². The fraction of sp³-hybridized carbons (Fsp3) is 0.105. The van der Waals surface area contributed by atoms with Gasteiger partial charge in [-0.15, -0.1) is 11.3 Å². The number of amides is 1. The molecule has 0 saturated carbocycles. The molecule has 0 atom stereocenters. The average molecular weight is 443 g/mol. The topological polar surface area (TPSA) is 73.0 Å². The second kappa shape index (κ2) is 7.13. The van der Waals surface area contributed by atoms with E-state index in [0.717, 1.165) is 15.9 Å². The molecule has 0 radical (unpaired) electrons. The summed E-state index contributed by atoms with van der Waals surface area (Å²) >= 11 is 4.78. The van der Waals surface area contributed by atoms with Crippen molar-refractivity contribution in [3.05, 3.63) is 69.5 Å². The number of hydrogen-bond acceptors (Lipinski definition) is 5. The normalized spacial score (nSPS) is 10.9. The highest BCUT2D eigenvalue weighted by Gasteiger charge is 2.20. The molecular formula is C19H15BrN4O2S. The SMILES string of the molecule is Cc1nn(-c2ccc(Br)cc2)c(C)c1C(=O)Nc1nc(-c2ccco2)cs1. The van der Waals surface area contributed by atoms with Crippen molar-refractivity contribution in [3.8, 4) is 17.1 Å². The molecule has 3 aromatic heterocycles. The van der Waals surface area contributed by atoms with Crippen LogP contribution in [0.2, 0.25) is 0 Å². The van der Waals surface area contributed by atoms with Crippen LogP contribution in [0, 0.1) is 13.8 Å². The Morgan fingerprint density at radius 3 is 2.70 bits per heavy atom. The number of nitrogens with zero attached hydrogens (tertiary/aromatic N) is 3. The zero-order valence-electron chi connectivity index (χ0n) is 14.6. The molecule has 0 unspecified atom stereocenters. The van der Waals surface area contributed by atoms with E-state index < -0.39 is 0 Å². The summed E-state index contributed by atoms with van der Waals surface area (Å²) in [6, 6.07) is 11.4. The highest BCUT2D eigenvalue weighted by Crippen LogP contribution is 2.26. The molecule has 1 aromatic carbocycles. The molecular weight excluding hydrogens is 428 g/mol. The van der Waals surface area contributed by atoms with Crippen molar-refractivity contribution in [1.29, 1.82) is 0 Å². The van der Waals surface area contributed by atoms with Crippen LogP contribution >= 0.6 is 27.3 Å². The lowest BCUT2D eigenvalue weighted by atomic mass is 10.2. The number of furan rings is 1. The summed E-state index contributed by atoms with van der Waals surface area (Å²) in [5.41, 5.74) is 3.57. The van der Waals surface area contributed by atoms with Gasteiger partial charge in [0.15, 0.2) is 10.9 Å². The number of rotatable bonds is 4. The Hall–Kier alpha value is -2.71. The molecule has 0 aliphatic rings. The van der Waals surface area contributed by atoms with Gasteiger partial charge in [0.05, 0.1) is 28.9 Å². The molecule has 136 valence electrons. The summed E-state index contributed by atoms with van der Waals surface area (Å²) in [6.07, 6.45) is 1.59. The molecule has 0 aliphatic carbocycles. The third-order valence-corrected chi connectivity index (χ3v) is 5.37. The quantitative estimate of drug-likeness (QED) is 0.470. The maximum absolute atomic E-state index is 12.8. The third kappa shape index (κ3) is 3.45. The van der Waals surface area contributed by atoms with E-state index >= 15 is 0 Å². The fourth-order valence-corrected chi connectivity index (χ4v) is 3.79. The van der Waals surface area contributed by atoms with Crippen molar-refractivity contribution in [2.45, 2.75) is 13.8 Å². The van der Waals surface area contributed by atoms with Crippen molar-refractivity contribution in [2.75, 3.05) is 5.32 Å². The van der Waals surface area contributed by atoms with Gasteiger partial charge in [-0.1, -0.05) is 15.9 Å². The second-order valence-corrected chi connectivity index (χ2v) is 7.68. The van der Waals surface area contributed by atoms with Crippen LogP contribution in [0.15, 0.2) is 56.9 Å². The number of aryl methyl sites for hydroxylation is 1. The maximum atomic E-state index is 12.8. The van der Waals surface area contributed by atoms with E-state index in [1.165, 1.54) is 11.3 Å². The number of nitrogens with one attached hydrogen (secondary N) is 1. The van der Waals surface area contributed by atoms with Crippen molar-refractivity contribution in [1.82, 2.24) is 14.8 Å². The number of carbonyl (C=O) groups is 1. The number of hydrogen-bond donors (Lipinski definition) is 1. The van der Waals surface area contributed by atoms with Crippen molar-refractivity contribution < 1.29 is 9.21 Å². The minimum Gasteiger partial charge on any atom is -0.463 e. The van der Waals surface area contributed by atoms with Gasteiger partial charge in [0, 0.05) is 9.85 Å². The predicted molar refractivity (Wildman–Crippen MR) is 109 cm³/mol. The first-order valence-electron chi connectivity index (χ1n) is 8.16. The van der Waals surface area contributed by atoms with E-state index in [4.69, 9.17) is 4.42 Å². The van der Waals surface area contributed by atoms with E-state index in [2.05, 4.69) is 31.3 Å². The highest BCUT2D eigenvalue weighted by atomic mass is 79.9. The summed E-state index contributed by atoms with van der Waals surface area (Å²) in [4.78, 5) is 17.2. The Balaban J connectivity index is 1.60. The molecule has 6 nitrogen and oxygen atoms in total. The Bertz CT molecular complexity index is 1100. The minimum atomic E-state index is -0.228. The molecule has 0 aliphatic heterocycles. The maximum Gasteiger partial charge on any atom is 0.261 e. The van der Waals surface area contributed by atoms with Gasteiger partial charge in [-0.25, -0.2) is 9.67 Å². The molecule has 3 heterocycles. The number of anilines is 1. The van der Waals surface area contributed by atoms with Gasteiger partial charge in [-0.2, -0.15) is 5.10 Å². The van der Waals surface area contributed by atoms with Crippen LogP contribution in [0.1, 0.15) is 21.7 Å². The van der Waals surface area contributed by atoms with E-state index in [9.17, 15) is 4.79 Å². The standard InChI is InChI=1S/C19H15BrN4O2S/c1-11-17(12(2)24(23-11)14-7-5-13(20)6-8-14)18(25)22-19-21-15(10-27-19)16-4-3-9-26-16/h3-10H,1-2H3,(H,21,22,25). The molecule has 8 heteroatoms. The van der Waals surface area contributed by atoms with Crippen LogP contribution in [-0.2, 0) is 0 Å². The Kier molecular flexibility index (Phi) is 4.67. The lowest BCUT2D eigenvalue weighted by Crippen LogP contribution is -2.14. The van der Waals surface area contributed by atoms with E-state index in [-0.39, 0.29) is 5.91 Å². The molecule has 0 spiro atoms. The molecule has 0 saturated heterocycles. The molecule has 1 amide bonds. The third-order valence-electron chi connectivity index (χ3n) is 4.09. The number of aromatic nitrogens is 3. The second-order valence-electron chi connectivity index (χ2n) is 5.90. The highest BCUT2D eigenvalue weighted by molar-refractivity contribution is 9.10. The molecule has 27 heavy (non-hydrogen) atoms. The number of carbonyl (C=O) groups excluding carboxylic acids is 1. The van der Waals surface area contributed by atoms with Crippen molar-refractivity contribution in [2.24, 2.45) is 0 Å². The van der Waals surface area contributed by atoms with Gasteiger partial charge >= 0.3 is 0 Å². The molecule has 4 rings (SSSR count). The van der Waals surface area contributed by atoms with Crippen LogP contribution in [-0.4, -0.2) is 20.7 Å². The first kappa shape index (κ1) is 17.7. The van der Waals surface area contributed by atoms with Crippen LogP contribution in [0.4, 0.5) is 5.13 Å². The van der Waals surface area contributed by atoms with Gasteiger partial charge in [0.2, 0.25) is 0 Å². The summed E-state index contributed by atoms with van der Waals surface area (Å²) in [5, 5.41) is 9.75. The fourth-order valence-electron chi connectivity index (χ4n) is 2.83. The lowest BCUT2D eigenvalue weighted by molar-refractivity contribution is 0.102. The lowest BCUT2D eigenvalue weighted by Gasteiger charge is -2.05. The zero-order chi connectivity index (χ0) is 19.0. The molecule has 4 aromatic rings. The van der Waals surface area contributed by atoms with Crippen molar-refractivity contribution >= 4 is 38.3 Å². The molecule has 1 N–H and O–H groups in total. The number of benzene rings is 1. The first-order chi connectivity index (χ1) is 13.0. The average Bonchev–Trinajstić information content (AvgIpc) is 3.36. The largest absolute Gasteiger partial charge is 0.463 e. The van der Waals surface area contributed by atoms with Crippen LogP contribution < -0.4 is 5.32 Å². The minimum absolute atomic E-state index is 0.228. The van der Waals surface area contributed by atoms with Gasteiger partial charge in [0.25, 0.3) is 5.91 Å². The monoisotopic (exact) mass is 442 g/mol. The Morgan fingerprint density at radius 1 is 1.22 bits per heavy atom. The van der Waals surface area contributed by atoms with Crippen LogP contribution in [0.25, 0.3) is 17.1 Å². The van der Waals surface area contributed by atoms with E-state index in [0.29, 0.717) is 27.8 Å². The smallest absolute Gasteiger partial charge is 0.261 e. The summed E-state index contributed by atoms with van der Waals surface area (Å²) in [5.74, 6) is 0.441. The van der Waals surface area contributed by atoms with Gasteiger partial charge in [-0.3, -0.25) is 10.1 Å². The van der Waals surface area contributed by atoms with E-state index in [1.807, 2.05) is 49.6 Å². The van der Waals surface area contributed by atoms with Crippen LogP contribution in [0.3, 0.4) is 0 Å². The van der Waals surface area contributed by atoms with Gasteiger partial charge < -0.3 is 4.42 Å². The summed E-state index contributed by atoms with van der Waals surface area (Å²) < 4.78 is 8.09. The Labute approximate surface area is 168 Å². The molecule has 0 fully saturated rings. The zero-order valence-corrected chi connectivity index (χ0v) is 17.0. The van der Waals surface area contributed by atoms with Gasteiger partial charge in [-0.05, 0) is 50.2 Å². The summed E-state index contributed by atoms with van der Waals surface area (Å²) in [6.45, 7) is 3.71. The number of thiazole rings is 1. The van der Waals surface area contributed by atoms with E-state index in [1.54, 1.807) is 17.0 Å². The summed E-state index contributed by atoms with van der Waals surface area (Å²) in [7, 11) is 0. The van der Waals surface area contributed by atoms with Crippen LogP contribution in [0.5, 0.6) is 0 Å². The van der Waals surface area contributed by atoms with Crippen molar-refractivity contribution in [3.63, 3.8) is 0 Å². The Morgan fingerprint density at radius 2 is 2.00 bits per heavy atom. The predicted octanol–water partition coefficient (Wildman–Crippen LogP) is 5.22. The molecule has 0 bridgehead atoms.